The Labute approximate surface area is 117 Å². The van der Waals surface area contributed by atoms with Crippen LogP contribution in [0.15, 0.2) is 24.4 Å². The molecular weight excluding hydrogens is 264 g/mol. The first-order valence-corrected chi connectivity index (χ1v) is 7.38. The van der Waals surface area contributed by atoms with Crippen LogP contribution in [-0.4, -0.2) is 4.98 Å². The van der Waals surface area contributed by atoms with E-state index in [1.54, 1.807) is 0 Å². The summed E-state index contributed by atoms with van der Waals surface area (Å²) in [6.07, 6.45) is 3.92. The number of aryl methyl sites for hydroxylation is 2. The van der Waals surface area contributed by atoms with Crippen LogP contribution in [0.5, 0.6) is 0 Å². The minimum absolute atomic E-state index is 0.603. The lowest BCUT2D eigenvalue weighted by atomic mass is 10.0. The zero-order valence-electron chi connectivity index (χ0n) is 10.7. The molecule has 0 fully saturated rings. The van der Waals surface area contributed by atoms with Gasteiger partial charge in [0.05, 0.1) is 6.54 Å². The molecule has 1 heterocycles. The molecular formula is C14H17ClN2S. The summed E-state index contributed by atoms with van der Waals surface area (Å²) in [5.41, 5.74) is 4.00. The third-order valence-corrected chi connectivity index (χ3v) is 4.08. The van der Waals surface area contributed by atoms with Crippen LogP contribution in [0, 0.1) is 0 Å². The van der Waals surface area contributed by atoms with Crippen molar-refractivity contribution in [1.29, 1.82) is 0 Å². The van der Waals surface area contributed by atoms with E-state index in [1.807, 2.05) is 6.20 Å². The summed E-state index contributed by atoms with van der Waals surface area (Å²) in [6, 6.07) is 6.49. The van der Waals surface area contributed by atoms with Crippen LogP contribution >= 0.6 is 22.9 Å². The van der Waals surface area contributed by atoms with E-state index in [-0.39, 0.29) is 0 Å². The maximum Gasteiger partial charge on any atom is 0.183 e. The average Bonchev–Trinajstić information content (AvgIpc) is 2.81. The largest absolute Gasteiger partial charge is 0.380 e. The van der Waals surface area contributed by atoms with Gasteiger partial charge < -0.3 is 5.32 Å². The Kier molecular flexibility index (Phi) is 4.61. The molecule has 0 spiro atoms. The van der Waals surface area contributed by atoms with Crippen molar-refractivity contribution >= 4 is 28.6 Å². The van der Waals surface area contributed by atoms with E-state index in [2.05, 4.69) is 42.3 Å². The summed E-state index contributed by atoms with van der Waals surface area (Å²) in [7, 11) is 0. The third kappa shape index (κ3) is 3.03. The second-order valence-electron chi connectivity index (χ2n) is 4.09. The van der Waals surface area contributed by atoms with Crippen LogP contribution in [0.25, 0.3) is 0 Å². The van der Waals surface area contributed by atoms with E-state index < -0.39 is 0 Å². The zero-order chi connectivity index (χ0) is 13.0. The van der Waals surface area contributed by atoms with Gasteiger partial charge in [-0.1, -0.05) is 43.6 Å². The van der Waals surface area contributed by atoms with E-state index >= 15 is 0 Å². The normalized spacial score (nSPS) is 10.6. The first-order chi connectivity index (χ1) is 8.74. The number of halogens is 1. The first kappa shape index (κ1) is 13.4. The topological polar surface area (TPSA) is 24.9 Å². The van der Waals surface area contributed by atoms with Gasteiger partial charge in [-0.25, -0.2) is 4.98 Å². The molecule has 2 rings (SSSR count). The molecule has 1 N–H and O–H groups in total. The molecule has 0 unspecified atom stereocenters. The number of aromatic nitrogens is 1. The van der Waals surface area contributed by atoms with Crippen molar-refractivity contribution in [1.82, 2.24) is 4.98 Å². The van der Waals surface area contributed by atoms with Crippen molar-refractivity contribution in [2.24, 2.45) is 0 Å². The summed E-state index contributed by atoms with van der Waals surface area (Å²) in [5, 5.41) is 3.53. The second-order valence-corrected chi connectivity index (χ2v) is 5.79. The van der Waals surface area contributed by atoms with Gasteiger partial charge in [0.15, 0.2) is 4.47 Å². The Morgan fingerprint density at radius 2 is 1.89 bits per heavy atom. The highest BCUT2D eigenvalue weighted by atomic mass is 35.5. The van der Waals surface area contributed by atoms with Crippen LogP contribution < -0.4 is 5.32 Å². The van der Waals surface area contributed by atoms with Gasteiger partial charge in [-0.05, 0) is 24.0 Å². The number of benzene rings is 1. The van der Waals surface area contributed by atoms with Crippen molar-refractivity contribution in [3.05, 3.63) is 44.9 Å². The maximum atomic E-state index is 5.84. The van der Waals surface area contributed by atoms with Crippen molar-refractivity contribution in [3.8, 4) is 0 Å². The van der Waals surface area contributed by atoms with Gasteiger partial charge in [-0.2, -0.15) is 0 Å². The highest BCUT2D eigenvalue weighted by molar-refractivity contribution is 7.15. The molecule has 2 nitrogen and oxygen atoms in total. The van der Waals surface area contributed by atoms with Crippen molar-refractivity contribution in [3.63, 3.8) is 0 Å². The Bertz CT molecular complexity index is 500. The van der Waals surface area contributed by atoms with E-state index in [1.165, 1.54) is 28.2 Å². The standard InChI is InChI=1S/C14H17ClN2S/c1-3-10-6-5-7-11(4-2)13(10)16-8-12-9-17-14(15)18-12/h5-7,9,16H,3-4,8H2,1-2H3. The Hall–Kier alpha value is -1.06. The molecule has 0 bridgehead atoms. The Morgan fingerprint density at radius 3 is 2.39 bits per heavy atom. The first-order valence-electron chi connectivity index (χ1n) is 6.19. The van der Waals surface area contributed by atoms with Crippen molar-refractivity contribution in [2.75, 3.05) is 5.32 Å². The number of rotatable bonds is 5. The minimum Gasteiger partial charge on any atom is -0.380 e. The Balaban J connectivity index is 2.17. The second kappa shape index (κ2) is 6.21. The molecule has 2 aromatic rings. The van der Waals surface area contributed by atoms with Gasteiger partial charge in [0, 0.05) is 16.8 Å². The molecule has 1 aromatic heterocycles. The Morgan fingerprint density at radius 1 is 1.22 bits per heavy atom. The number of nitrogens with zero attached hydrogens (tertiary/aromatic N) is 1. The minimum atomic E-state index is 0.603. The predicted molar refractivity (Wildman–Crippen MR) is 79.6 cm³/mol. The fourth-order valence-electron chi connectivity index (χ4n) is 2.01. The summed E-state index contributed by atoms with van der Waals surface area (Å²) in [6.45, 7) is 5.15. The maximum absolute atomic E-state index is 5.84. The lowest BCUT2D eigenvalue weighted by molar-refractivity contribution is 1.05. The lowest BCUT2D eigenvalue weighted by Crippen LogP contribution is -2.04. The van der Waals surface area contributed by atoms with Crippen LogP contribution in [-0.2, 0) is 19.4 Å². The van der Waals surface area contributed by atoms with Crippen molar-refractivity contribution in [2.45, 2.75) is 33.2 Å². The number of hydrogen-bond acceptors (Lipinski definition) is 3. The van der Waals surface area contributed by atoms with Gasteiger partial charge in [-0.15, -0.1) is 11.3 Å². The number of hydrogen-bond donors (Lipinski definition) is 1. The van der Waals surface area contributed by atoms with Crippen LogP contribution in [0.1, 0.15) is 29.9 Å². The number of anilines is 1. The van der Waals surface area contributed by atoms with Crippen LogP contribution in [0.4, 0.5) is 5.69 Å². The molecule has 96 valence electrons. The third-order valence-electron chi connectivity index (χ3n) is 2.96. The van der Waals surface area contributed by atoms with Crippen LogP contribution in [0.3, 0.4) is 0 Å². The zero-order valence-corrected chi connectivity index (χ0v) is 12.2. The summed E-state index contributed by atoms with van der Waals surface area (Å²) in [4.78, 5) is 5.22. The van der Waals surface area contributed by atoms with Crippen molar-refractivity contribution < 1.29 is 0 Å². The highest BCUT2D eigenvalue weighted by Crippen LogP contribution is 2.25. The summed E-state index contributed by atoms with van der Waals surface area (Å²) in [5.74, 6) is 0. The number of nitrogens with one attached hydrogen (secondary N) is 1. The predicted octanol–water partition coefficient (Wildman–Crippen LogP) is 4.53. The quantitative estimate of drug-likeness (QED) is 0.870. The lowest BCUT2D eigenvalue weighted by Gasteiger charge is -2.14. The van der Waals surface area contributed by atoms with E-state index in [0.29, 0.717) is 4.47 Å². The molecule has 1 aromatic carbocycles. The van der Waals surface area contributed by atoms with Gasteiger partial charge in [0.2, 0.25) is 0 Å². The SMILES string of the molecule is CCc1cccc(CC)c1NCc1cnc(Cl)s1. The summed E-state index contributed by atoms with van der Waals surface area (Å²) < 4.78 is 0.603. The fourth-order valence-corrected chi connectivity index (χ4v) is 2.93. The van der Waals surface area contributed by atoms with Gasteiger partial charge in [0.1, 0.15) is 0 Å². The summed E-state index contributed by atoms with van der Waals surface area (Å²) >= 11 is 7.36. The monoisotopic (exact) mass is 280 g/mol. The van der Waals surface area contributed by atoms with E-state index in [4.69, 9.17) is 11.6 Å². The molecule has 0 aliphatic carbocycles. The fraction of sp³-hybridized carbons (Fsp3) is 0.357. The van der Waals surface area contributed by atoms with Gasteiger partial charge in [0.25, 0.3) is 0 Å². The molecule has 0 saturated heterocycles. The average molecular weight is 281 g/mol. The molecule has 0 atom stereocenters. The molecule has 4 heteroatoms. The molecule has 0 aliphatic heterocycles. The van der Waals surface area contributed by atoms with Gasteiger partial charge >= 0.3 is 0 Å². The smallest absolute Gasteiger partial charge is 0.183 e. The molecule has 0 amide bonds. The molecule has 0 radical (unpaired) electrons. The molecule has 18 heavy (non-hydrogen) atoms. The van der Waals surface area contributed by atoms with E-state index in [0.717, 1.165) is 24.3 Å². The van der Waals surface area contributed by atoms with Gasteiger partial charge in [-0.3, -0.25) is 0 Å². The molecule has 0 saturated carbocycles. The van der Waals surface area contributed by atoms with E-state index in [9.17, 15) is 0 Å². The number of para-hydroxylation sites is 1. The molecule has 0 aliphatic rings. The highest BCUT2D eigenvalue weighted by Gasteiger charge is 2.06. The van der Waals surface area contributed by atoms with Crippen LogP contribution in [0.2, 0.25) is 4.47 Å². The number of thiazole rings is 1.